The summed E-state index contributed by atoms with van der Waals surface area (Å²) < 4.78 is 41.9. The third-order valence-corrected chi connectivity index (χ3v) is 7.41. The summed E-state index contributed by atoms with van der Waals surface area (Å²) in [5, 5.41) is 2.80. The van der Waals surface area contributed by atoms with Gasteiger partial charge in [-0.1, -0.05) is 26.0 Å². The Kier molecular flexibility index (Phi) is 6.05. The van der Waals surface area contributed by atoms with E-state index in [2.05, 4.69) is 15.3 Å². The molecule has 2 aromatic carbocycles. The number of sulfonamides is 1. The number of hydrogen-bond donors (Lipinski definition) is 2. The lowest BCUT2D eigenvalue weighted by molar-refractivity contribution is 0.101. The number of amides is 1. The average molecular weight is 470 g/mol. The highest BCUT2D eigenvalue weighted by molar-refractivity contribution is 7.89. The quantitative estimate of drug-likeness (QED) is 0.427. The van der Waals surface area contributed by atoms with Crippen molar-refractivity contribution in [3.8, 4) is 11.4 Å². The Labute approximate surface area is 191 Å². The van der Waals surface area contributed by atoms with Gasteiger partial charge in [-0.05, 0) is 36.4 Å². The zero-order valence-corrected chi connectivity index (χ0v) is 19.3. The number of halogens is 1. The molecular weight excluding hydrogens is 445 g/mol. The summed E-state index contributed by atoms with van der Waals surface area (Å²) in [5.41, 5.74) is 2.67. The van der Waals surface area contributed by atoms with Crippen LogP contribution in [0.2, 0.25) is 0 Å². The highest BCUT2D eigenvalue weighted by Gasteiger charge is 2.25. The monoisotopic (exact) mass is 469 g/mol. The first-order valence-corrected chi connectivity index (χ1v) is 11.9. The Bertz CT molecular complexity index is 1440. The molecule has 8 nitrogen and oxygen atoms in total. The molecule has 2 aromatic heterocycles. The molecule has 0 aliphatic rings. The molecule has 4 rings (SSSR count). The van der Waals surface area contributed by atoms with Crippen molar-refractivity contribution in [1.82, 2.24) is 18.8 Å². The molecule has 0 fully saturated rings. The number of nitrogens with one attached hydrogen (secondary N) is 2. The summed E-state index contributed by atoms with van der Waals surface area (Å²) in [6, 6.07) is 12.7. The number of carbonyl (C=O) groups excluding carboxylic acids is 1. The maximum atomic E-state index is 13.5. The zero-order chi connectivity index (χ0) is 23.8. The number of H-pyrrole nitrogens is 1. The van der Waals surface area contributed by atoms with Crippen molar-refractivity contribution in [2.45, 2.75) is 18.7 Å². The molecule has 4 aromatic rings. The fourth-order valence-corrected chi connectivity index (χ4v) is 5.20. The first-order valence-electron chi connectivity index (χ1n) is 10.5. The molecule has 0 atom stereocenters. The molecule has 0 saturated heterocycles. The first kappa shape index (κ1) is 22.7. The number of aryl methyl sites for hydroxylation is 1. The summed E-state index contributed by atoms with van der Waals surface area (Å²) >= 11 is 0. The maximum absolute atomic E-state index is 13.5. The molecule has 0 radical (unpaired) electrons. The molecule has 172 valence electrons. The van der Waals surface area contributed by atoms with Crippen LogP contribution in [-0.4, -0.2) is 46.3 Å². The number of benzene rings is 2. The Hall–Kier alpha value is -3.50. The van der Waals surface area contributed by atoms with Gasteiger partial charge in [0.2, 0.25) is 10.0 Å². The van der Waals surface area contributed by atoms with Crippen molar-refractivity contribution in [1.29, 1.82) is 0 Å². The van der Waals surface area contributed by atoms with E-state index < -0.39 is 15.9 Å². The molecule has 1 amide bonds. The topological polar surface area (TPSA) is 100 Å². The fourth-order valence-electron chi connectivity index (χ4n) is 3.67. The van der Waals surface area contributed by atoms with E-state index in [1.165, 1.54) is 33.3 Å². The van der Waals surface area contributed by atoms with Gasteiger partial charge in [0.05, 0.1) is 11.0 Å². The smallest absolute Gasteiger partial charge is 0.272 e. The lowest BCUT2D eigenvalue weighted by atomic mass is 10.2. The van der Waals surface area contributed by atoms with Crippen molar-refractivity contribution in [2.24, 2.45) is 7.05 Å². The van der Waals surface area contributed by atoms with E-state index in [1.807, 2.05) is 0 Å². The van der Waals surface area contributed by atoms with Crippen molar-refractivity contribution in [3.05, 3.63) is 66.2 Å². The number of hydrogen-bond acceptors (Lipinski definition) is 4. The van der Waals surface area contributed by atoms with E-state index in [0.29, 0.717) is 41.2 Å². The van der Waals surface area contributed by atoms with Gasteiger partial charge in [0.25, 0.3) is 5.91 Å². The van der Waals surface area contributed by atoms with Gasteiger partial charge >= 0.3 is 0 Å². The van der Waals surface area contributed by atoms with Crippen molar-refractivity contribution in [3.63, 3.8) is 0 Å². The van der Waals surface area contributed by atoms with Crippen LogP contribution in [0.3, 0.4) is 0 Å². The molecule has 0 saturated carbocycles. The van der Waals surface area contributed by atoms with E-state index in [9.17, 15) is 17.6 Å². The average Bonchev–Trinajstić information content (AvgIpc) is 3.38. The summed E-state index contributed by atoms with van der Waals surface area (Å²) in [4.78, 5) is 20.6. The Morgan fingerprint density at radius 2 is 1.91 bits per heavy atom. The van der Waals surface area contributed by atoms with Crippen molar-refractivity contribution >= 4 is 32.7 Å². The minimum Gasteiger partial charge on any atom is -0.345 e. The Morgan fingerprint density at radius 3 is 2.61 bits per heavy atom. The molecular formula is C23H24FN5O3S. The van der Waals surface area contributed by atoms with Gasteiger partial charge in [0.1, 0.15) is 22.2 Å². The summed E-state index contributed by atoms with van der Waals surface area (Å²) in [6.07, 6.45) is 1.44. The normalized spacial score (nSPS) is 11.9. The highest BCUT2D eigenvalue weighted by Crippen LogP contribution is 2.24. The van der Waals surface area contributed by atoms with Crippen LogP contribution in [0.4, 0.5) is 10.1 Å². The van der Waals surface area contributed by atoms with Gasteiger partial charge < -0.3 is 14.9 Å². The van der Waals surface area contributed by atoms with Gasteiger partial charge in [0, 0.05) is 37.6 Å². The van der Waals surface area contributed by atoms with Gasteiger partial charge in [-0.2, -0.15) is 4.31 Å². The second kappa shape index (κ2) is 8.80. The minimum atomic E-state index is -3.67. The van der Waals surface area contributed by atoms with Crippen LogP contribution in [0, 0.1) is 5.82 Å². The minimum absolute atomic E-state index is 0.0719. The highest BCUT2D eigenvalue weighted by atomic mass is 32.2. The summed E-state index contributed by atoms with van der Waals surface area (Å²) in [5.74, 6) is -0.282. The SMILES string of the molecule is CCN(CC)S(=O)(=O)c1cc(C(=O)Nc2ccc3nc(-c4cccc(F)c4)[nH]c3c2)n(C)c1. The third kappa shape index (κ3) is 4.39. The molecule has 0 spiro atoms. The van der Waals surface area contributed by atoms with Crippen molar-refractivity contribution < 1.29 is 17.6 Å². The lowest BCUT2D eigenvalue weighted by Crippen LogP contribution is -2.30. The number of fused-ring (bicyclic) bond motifs is 1. The van der Waals surface area contributed by atoms with Gasteiger partial charge in [-0.25, -0.2) is 17.8 Å². The van der Waals surface area contributed by atoms with E-state index in [-0.39, 0.29) is 16.4 Å². The van der Waals surface area contributed by atoms with Crippen molar-refractivity contribution in [2.75, 3.05) is 18.4 Å². The molecule has 33 heavy (non-hydrogen) atoms. The Morgan fingerprint density at radius 1 is 1.15 bits per heavy atom. The standard InChI is InChI=1S/C23H24FN5O3S/c1-4-29(5-2)33(31,32)18-13-21(28(3)14-18)23(30)25-17-9-10-19-20(12-17)27-22(26-19)15-7-6-8-16(24)11-15/h6-14H,4-5H2,1-3H3,(H,25,30)(H,26,27). The van der Waals surface area contributed by atoms with Crippen LogP contribution < -0.4 is 5.32 Å². The number of aromatic amines is 1. The van der Waals surface area contributed by atoms with Gasteiger partial charge in [0.15, 0.2) is 0 Å². The number of nitrogens with zero attached hydrogens (tertiary/aromatic N) is 3. The van der Waals surface area contributed by atoms with E-state index in [4.69, 9.17) is 0 Å². The molecule has 0 bridgehead atoms. The largest absolute Gasteiger partial charge is 0.345 e. The predicted molar refractivity (Wildman–Crippen MR) is 125 cm³/mol. The molecule has 0 aliphatic carbocycles. The van der Waals surface area contributed by atoms with E-state index >= 15 is 0 Å². The molecule has 2 N–H and O–H groups in total. The number of aromatic nitrogens is 3. The summed E-state index contributed by atoms with van der Waals surface area (Å²) in [7, 11) is -2.05. The molecule has 0 unspecified atom stereocenters. The van der Waals surface area contributed by atoms with Gasteiger partial charge in [-0.15, -0.1) is 0 Å². The van der Waals surface area contributed by atoms with Crippen LogP contribution >= 0.6 is 0 Å². The number of anilines is 1. The van der Waals surface area contributed by atoms with E-state index in [0.717, 1.165) is 0 Å². The van der Waals surface area contributed by atoms with Crippen LogP contribution in [0.25, 0.3) is 22.4 Å². The summed E-state index contributed by atoms with van der Waals surface area (Å²) in [6.45, 7) is 4.22. The lowest BCUT2D eigenvalue weighted by Gasteiger charge is -2.17. The number of rotatable bonds is 7. The second-order valence-electron chi connectivity index (χ2n) is 7.54. The first-order chi connectivity index (χ1) is 15.7. The van der Waals surface area contributed by atoms with E-state index in [1.54, 1.807) is 51.2 Å². The molecule has 2 heterocycles. The van der Waals surface area contributed by atoms with Crippen LogP contribution in [0.1, 0.15) is 24.3 Å². The van der Waals surface area contributed by atoms with Crippen LogP contribution in [0.5, 0.6) is 0 Å². The predicted octanol–water partition coefficient (Wildman–Crippen LogP) is 3.99. The number of imidazole rings is 1. The fraction of sp³-hybridized carbons (Fsp3) is 0.217. The third-order valence-electron chi connectivity index (χ3n) is 5.39. The molecule has 10 heteroatoms. The van der Waals surface area contributed by atoms with Crippen LogP contribution in [-0.2, 0) is 17.1 Å². The number of carbonyl (C=O) groups is 1. The maximum Gasteiger partial charge on any atom is 0.272 e. The van der Waals surface area contributed by atoms with Crippen LogP contribution in [0.15, 0.2) is 59.6 Å². The Balaban J connectivity index is 1.59. The zero-order valence-electron chi connectivity index (χ0n) is 18.5. The second-order valence-corrected chi connectivity index (χ2v) is 9.48. The van der Waals surface area contributed by atoms with Gasteiger partial charge in [-0.3, -0.25) is 4.79 Å². The molecule has 0 aliphatic heterocycles.